The first-order chi connectivity index (χ1) is 12.6. The molecule has 1 aromatic heterocycles. The van der Waals surface area contributed by atoms with E-state index in [4.69, 9.17) is 9.47 Å². The predicted molar refractivity (Wildman–Crippen MR) is 99.4 cm³/mol. The smallest absolute Gasteiger partial charge is 0.358 e. The summed E-state index contributed by atoms with van der Waals surface area (Å²) in [5.74, 6) is 0.694. The van der Waals surface area contributed by atoms with Crippen molar-refractivity contribution < 1.29 is 19.1 Å². The normalized spacial score (nSPS) is 14.9. The Bertz CT molecular complexity index is 764. The minimum atomic E-state index is -0.570. The number of carbonyl (C=O) groups excluding carboxylic acids is 2. The molecule has 3 rings (SSSR count). The Hall–Kier alpha value is -2.41. The zero-order valence-corrected chi connectivity index (χ0v) is 15.8. The van der Waals surface area contributed by atoms with Crippen molar-refractivity contribution in [3.63, 3.8) is 0 Å². The molecule has 0 unspecified atom stereocenters. The van der Waals surface area contributed by atoms with Gasteiger partial charge in [-0.15, -0.1) is 11.3 Å². The minimum absolute atomic E-state index is 0.143. The van der Waals surface area contributed by atoms with Gasteiger partial charge in [0.2, 0.25) is 0 Å². The number of amides is 1. The highest BCUT2D eigenvalue weighted by Crippen LogP contribution is 2.26. The number of hydrogen-bond acceptors (Lipinski definition) is 6. The molecule has 0 saturated carbocycles. The molecule has 0 radical (unpaired) electrons. The molecular weight excluding hydrogens is 352 g/mol. The molecule has 1 fully saturated rings. The highest BCUT2D eigenvalue weighted by atomic mass is 32.1. The van der Waals surface area contributed by atoms with E-state index in [1.54, 1.807) is 17.4 Å². The molecule has 26 heavy (non-hydrogen) atoms. The van der Waals surface area contributed by atoms with Crippen LogP contribution in [0.3, 0.4) is 0 Å². The van der Waals surface area contributed by atoms with Crippen molar-refractivity contribution in [2.45, 2.75) is 19.8 Å². The summed E-state index contributed by atoms with van der Waals surface area (Å²) < 4.78 is 10.3. The fourth-order valence-corrected chi connectivity index (χ4v) is 3.58. The van der Waals surface area contributed by atoms with Gasteiger partial charge in [-0.1, -0.05) is 6.92 Å². The molecule has 2 heterocycles. The third-order valence-electron chi connectivity index (χ3n) is 4.51. The van der Waals surface area contributed by atoms with E-state index in [0.29, 0.717) is 5.92 Å². The third-order valence-corrected chi connectivity index (χ3v) is 5.40. The van der Waals surface area contributed by atoms with Crippen LogP contribution in [0.4, 0.5) is 0 Å². The van der Waals surface area contributed by atoms with Crippen LogP contribution < -0.4 is 4.74 Å². The molecule has 0 bridgehead atoms. The number of piperidine rings is 1. The number of ether oxygens (including phenoxy) is 2. The molecule has 1 aliphatic heterocycles. The topological polar surface area (TPSA) is 68.7 Å². The zero-order chi connectivity index (χ0) is 18.5. The molecule has 1 amide bonds. The van der Waals surface area contributed by atoms with E-state index in [9.17, 15) is 9.59 Å². The number of hydrogen-bond donors (Lipinski definition) is 0. The number of esters is 1. The van der Waals surface area contributed by atoms with Gasteiger partial charge in [0.05, 0.1) is 7.11 Å². The Morgan fingerprint density at radius 1 is 1.23 bits per heavy atom. The molecule has 0 N–H and O–H groups in total. The van der Waals surface area contributed by atoms with Gasteiger partial charge in [0.25, 0.3) is 5.91 Å². The van der Waals surface area contributed by atoms with E-state index in [-0.39, 0.29) is 18.2 Å². The molecule has 0 aliphatic carbocycles. The lowest BCUT2D eigenvalue weighted by Crippen LogP contribution is -2.40. The number of nitrogens with zero attached hydrogens (tertiary/aromatic N) is 2. The summed E-state index contributed by atoms with van der Waals surface area (Å²) in [7, 11) is 1.61. The number of methoxy groups -OCH3 is 1. The number of carbonyl (C=O) groups is 2. The Balaban J connectivity index is 1.55. The van der Waals surface area contributed by atoms with Gasteiger partial charge in [-0.2, -0.15) is 0 Å². The summed E-state index contributed by atoms with van der Waals surface area (Å²) in [5, 5.41) is 2.37. The third kappa shape index (κ3) is 4.40. The maximum atomic E-state index is 12.2. The second-order valence-corrected chi connectivity index (χ2v) is 7.26. The lowest BCUT2D eigenvalue weighted by atomic mass is 9.99. The SMILES string of the molecule is COc1ccc(-c2nc(C(=O)OCC(=O)N3CCC(C)CC3)cs2)cc1. The van der Waals surface area contributed by atoms with E-state index in [1.807, 2.05) is 24.3 Å². The van der Waals surface area contributed by atoms with Gasteiger partial charge >= 0.3 is 5.97 Å². The second kappa shape index (κ2) is 8.31. The summed E-state index contributed by atoms with van der Waals surface area (Å²) in [5.41, 5.74) is 1.12. The Morgan fingerprint density at radius 3 is 2.58 bits per heavy atom. The molecule has 138 valence electrons. The zero-order valence-electron chi connectivity index (χ0n) is 14.9. The lowest BCUT2D eigenvalue weighted by molar-refractivity contribution is -0.135. The lowest BCUT2D eigenvalue weighted by Gasteiger charge is -2.30. The van der Waals surface area contributed by atoms with E-state index >= 15 is 0 Å². The first-order valence-electron chi connectivity index (χ1n) is 8.61. The molecular formula is C19H22N2O4S. The van der Waals surface area contributed by atoms with Gasteiger partial charge in [-0.05, 0) is 43.0 Å². The number of thiazole rings is 1. The molecule has 1 aromatic carbocycles. The van der Waals surface area contributed by atoms with Crippen molar-refractivity contribution in [1.29, 1.82) is 0 Å². The standard InChI is InChI=1S/C19H22N2O4S/c1-13-7-9-21(10-8-13)17(22)11-25-19(23)16-12-26-18(20-16)14-3-5-15(24-2)6-4-14/h3-6,12-13H,7-11H2,1-2H3. The average Bonchev–Trinajstić information content (AvgIpc) is 3.17. The Labute approximate surface area is 156 Å². The summed E-state index contributed by atoms with van der Waals surface area (Å²) in [6, 6.07) is 7.45. The van der Waals surface area contributed by atoms with Crippen LogP contribution in [0.5, 0.6) is 5.75 Å². The van der Waals surface area contributed by atoms with Gasteiger partial charge in [-0.3, -0.25) is 4.79 Å². The number of likely N-dealkylation sites (tertiary alicyclic amines) is 1. The van der Waals surface area contributed by atoms with E-state index in [0.717, 1.165) is 42.3 Å². The highest BCUT2D eigenvalue weighted by molar-refractivity contribution is 7.13. The van der Waals surface area contributed by atoms with Gasteiger partial charge in [0.15, 0.2) is 12.3 Å². The Kier molecular flexibility index (Phi) is 5.88. The summed E-state index contributed by atoms with van der Waals surface area (Å²) >= 11 is 1.36. The van der Waals surface area contributed by atoms with E-state index in [1.165, 1.54) is 11.3 Å². The molecule has 1 saturated heterocycles. The van der Waals surface area contributed by atoms with Crippen LogP contribution in [-0.4, -0.2) is 48.6 Å². The van der Waals surface area contributed by atoms with E-state index in [2.05, 4.69) is 11.9 Å². The quantitative estimate of drug-likeness (QED) is 0.752. The number of aromatic nitrogens is 1. The van der Waals surface area contributed by atoms with Crippen molar-refractivity contribution in [3.8, 4) is 16.3 Å². The highest BCUT2D eigenvalue weighted by Gasteiger charge is 2.22. The summed E-state index contributed by atoms with van der Waals surface area (Å²) in [4.78, 5) is 30.4. The maximum absolute atomic E-state index is 12.2. The van der Waals surface area contributed by atoms with Crippen molar-refractivity contribution in [2.75, 3.05) is 26.8 Å². The van der Waals surface area contributed by atoms with Crippen molar-refractivity contribution in [3.05, 3.63) is 35.3 Å². The fourth-order valence-electron chi connectivity index (χ4n) is 2.78. The first-order valence-corrected chi connectivity index (χ1v) is 9.49. The van der Waals surface area contributed by atoms with Gasteiger partial charge < -0.3 is 14.4 Å². The van der Waals surface area contributed by atoms with Crippen LogP contribution in [0.2, 0.25) is 0 Å². The summed E-state index contributed by atoms with van der Waals surface area (Å²) in [6.07, 6.45) is 1.99. The molecule has 2 aromatic rings. The molecule has 1 aliphatic rings. The number of rotatable bonds is 5. The second-order valence-electron chi connectivity index (χ2n) is 6.41. The minimum Gasteiger partial charge on any atom is -0.497 e. The fraction of sp³-hybridized carbons (Fsp3) is 0.421. The first kappa shape index (κ1) is 18.4. The van der Waals surface area contributed by atoms with Crippen molar-refractivity contribution >= 4 is 23.2 Å². The maximum Gasteiger partial charge on any atom is 0.358 e. The van der Waals surface area contributed by atoms with Crippen molar-refractivity contribution in [1.82, 2.24) is 9.88 Å². The van der Waals surface area contributed by atoms with E-state index < -0.39 is 5.97 Å². The molecule has 0 spiro atoms. The average molecular weight is 374 g/mol. The van der Waals surface area contributed by atoms with Gasteiger partial charge in [0, 0.05) is 24.0 Å². The van der Waals surface area contributed by atoms with Crippen LogP contribution in [0.25, 0.3) is 10.6 Å². The van der Waals surface area contributed by atoms with Gasteiger partial charge in [-0.25, -0.2) is 9.78 Å². The summed E-state index contributed by atoms with van der Waals surface area (Å²) in [6.45, 7) is 3.42. The molecule has 7 heteroatoms. The Morgan fingerprint density at radius 2 is 1.92 bits per heavy atom. The molecule has 6 nitrogen and oxygen atoms in total. The van der Waals surface area contributed by atoms with Crippen LogP contribution >= 0.6 is 11.3 Å². The van der Waals surface area contributed by atoms with Crippen LogP contribution in [-0.2, 0) is 9.53 Å². The van der Waals surface area contributed by atoms with Gasteiger partial charge in [0.1, 0.15) is 10.8 Å². The van der Waals surface area contributed by atoms with Crippen LogP contribution in [0.15, 0.2) is 29.6 Å². The monoisotopic (exact) mass is 374 g/mol. The largest absolute Gasteiger partial charge is 0.497 e. The molecule has 0 atom stereocenters. The number of benzene rings is 1. The predicted octanol–water partition coefficient (Wildman–Crippen LogP) is 3.23. The van der Waals surface area contributed by atoms with Crippen LogP contribution in [0, 0.1) is 5.92 Å². The van der Waals surface area contributed by atoms with Crippen molar-refractivity contribution in [2.24, 2.45) is 5.92 Å². The van der Waals surface area contributed by atoms with Crippen LogP contribution in [0.1, 0.15) is 30.3 Å².